The van der Waals surface area contributed by atoms with Gasteiger partial charge in [0.2, 0.25) is 5.91 Å². The van der Waals surface area contributed by atoms with Crippen molar-refractivity contribution in [2.45, 2.75) is 38.4 Å². The quantitative estimate of drug-likeness (QED) is 0.879. The highest BCUT2D eigenvalue weighted by Crippen LogP contribution is 2.13. The molecule has 0 aliphatic carbocycles. The molecule has 128 valence electrons. The molecule has 0 saturated carbocycles. The molecule has 7 nitrogen and oxygen atoms in total. The van der Waals surface area contributed by atoms with Crippen molar-refractivity contribution in [2.24, 2.45) is 0 Å². The van der Waals surface area contributed by atoms with Crippen LogP contribution in [0.3, 0.4) is 0 Å². The third-order valence-electron chi connectivity index (χ3n) is 3.97. The molecule has 0 radical (unpaired) electrons. The van der Waals surface area contributed by atoms with E-state index in [1.807, 2.05) is 0 Å². The van der Waals surface area contributed by atoms with E-state index in [0.29, 0.717) is 37.6 Å². The van der Waals surface area contributed by atoms with Gasteiger partial charge in [-0.15, -0.1) is 0 Å². The van der Waals surface area contributed by atoms with Gasteiger partial charge < -0.3 is 24.4 Å². The molecular weight excluding hydrogens is 310 g/mol. The molecule has 3 amide bonds. The van der Waals surface area contributed by atoms with E-state index in [1.165, 1.54) is 0 Å². The van der Waals surface area contributed by atoms with Crippen LogP contribution in [0.4, 0.5) is 4.79 Å². The van der Waals surface area contributed by atoms with Crippen molar-refractivity contribution in [2.75, 3.05) is 6.54 Å². The second-order valence-corrected chi connectivity index (χ2v) is 5.80. The van der Waals surface area contributed by atoms with Crippen molar-refractivity contribution in [3.05, 3.63) is 48.3 Å². The normalized spacial score (nSPS) is 17.8. The Morgan fingerprint density at radius 2 is 1.83 bits per heavy atom. The molecule has 2 aromatic rings. The fourth-order valence-corrected chi connectivity index (χ4v) is 2.70. The van der Waals surface area contributed by atoms with Gasteiger partial charge in [-0.05, 0) is 43.5 Å². The van der Waals surface area contributed by atoms with E-state index in [0.717, 1.165) is 12.8 Å². The molecule has 1 fully saturated rings. The van der Waals surface area contributed by atoms with Crippen LogP contribution < -0.4 is 10.6 Å². The number of carbonyl (C=O) groups excluding carboxylic acids is 2. The average Bonchev–Trinajstić information content (AvgIpc) is 3.23. The lowest BCUT2D eigenvalue weighted by atomic mass is 10.1. The van der Waals surface area contributed by atoms with Crippen molar-refractivity contribution in [3.63, 3.8) is 0 Å². The van der Waals surface area contributed by atoms with Gasteiger partial charge in [-0.2, -0.15) is 0 Å². The number of rotatable bonds is 5. The Kier molecular flexibility index (Phi) is 5.20. The number of carbonyl (C=O) groups is 2. The molecule has 24 heavy (non-hydrogen) atoms. The maximum Gasteiger partial charge on any atom is 0.318 e. The van der Waals surface area contributed by atoms with E-state index < -0.39 is 6.04 Å². The fraction of sp³-hybridized carbons (Fsp3) is 0.412. The molecule has 1 atom stereocenters. The first-order valence-corrected chi connectivity index (χ1v) is 8.10. The monoisotopic (exact) mass is 331 g/mol. The van der Waals surface area contributed by atoms with Gasteiger partial charge in [0.25, 0.3) is 0 Å². The van der Waals surface area contributed by atoms with Gasteiger partial charge in [-0.3, -0.25) is 4.79 Å². The highest BCUT2D eigenvalue weighted by Gasteiger charge is 2.25. The molecule has 3 rings (SSSR count). The van der Waals surface area contributed by atoms with E-state index in [4.69, 9.17) is 8.83 Å². The van der Waals surface area contributed by atoms with Crippen LogP contribution in [-0.2, 0) is 17.9 Å². The first kappa shape index (κ1) is 16.2. The zero-order valence-electron chi connectivity index (χ0n) is 13.4. The SMILES string of the molecule is O=C1NCCCC[C@H]1NC(=O)N(Cc1ccco1)Cc1ccco1. The lowest BCUT2D eigenvalue weighted by Crippen LogP contribution is -2.50. The molecule has 0 unspecified atom stereocenters. The highest BCUT2D eigenvalue weighted by molar-refractivity contribution is 5.87. The van der Waals surface area contributed by atoms with Crippen LogP contribution in [0.15, 0.2) is 45.6 Å². The van der Waals surface area contributed by atoms with Gasteiger partial charge in [-0.25, -0.2) is 4.79 Å². The van der Waals surface area contributed by atoms with E-state index in [1.54, 1.807) is 41.7 Å². The summed E-state index contributed by atoms with van der Waals surface area (Å²) >= 11 is 0. The third-order valence-corrected chi connectivity index (χ3v) is 3.97. The largest absolute Gasteiger partial charge is 0.467 e. The van der Waals surface area contributed by atoms with Crippen LogP contribution in [0.2, 0.25) is 0 Å². The predicted molar refractivity (Wildman–Crippen MR) is 85.8 cm³/mol. The van der Waals surface area contributed by atoms with E-state index in [2.05, 4.69) is 10.6 Å². The van der Waals surface area contributed by atoms with E-state index in [9.17, 15) is 9.59 Å². The molecule has 7 heteroatoms. The van der Waals surface area contributed by atoms with Crippen molar-refractivity contribution in [1.82, 2.24) is 15.5 Å². The minimum atomic E-state index is -0.504. The van der Waals surface area contributed by atoms with Crippen LogP contribution in [0.25, 0.3) is 0 Å². The number of amides is 3. The Hall–Kier alpha value is -2.70. The number of nitrogens with zero attached hydrogens (tertiary/aromatic N) is 1. The molecule has 0 spiro atoms. The third kappa shape index (κ3) is 4.18. The topological polar surface area (TPSA) is 87.7 Å². The summed E-state index contributed by atoms with van der Waals surface area (Å²) in [4.78, 5) is 26.3. The zero-order chi connectivity index (χ0) is 16.8. The average molecular weight is 331 g/mol. The number of furan rings is 2. The lowest BCUT2D eigenvalue weighted by molar-refractivity contribution is -0.122. The van der Waals surface area contributed by atoms with Crippen LogP contribution in [0.1, 0.15) is 30.8 Å². The number of hydrogen-bond donors (Lipinski definition) is 2. The van der Waals surface area contributed by atoms with Gasteiger partial charge in [0.1, 0.15) is 17.6 Å². The molecule has 1 saturated heterocycles. The summed E-state index contributed by atoms with van der Waals surface area (Å²) in [5, 5.41) is 5.65. The Morgan fingerprint density at radius 3 is 2.42 bits per heavy atom. The van der Waals surface area contributed by atoms with Crippen LogP contribution in [0, 0.1) is 0 Å². The standard InChI is InChI=1S/C17H21N3O4/c21-16-15(7-1-2-8-18-16)19-17(22)20(11-13-5-3-9-23-13)12-14-6-4-10-24-14/h3-6,9-10,15H,1-2,7-8,11-12H2,(H,18,21)(H,19,22)/t15-/m1/s1. The Labute approximate surface area is 140 Å². The maximum atomic E-state index is 12.7. The van der Waals surface area contributed by atoms with Crippen molar-refractivity contribution in [3.8, 4) is 0 Å². The molecule has 0 bridgehead atoms. The maximum absolute atomic E-state index is 12.7. The lowest BCUT2D eigenvalue weighted by Gasteiger charge is -2.24. The van der Waals surface area contributed by atoms with Gasteiger partial charge in [-0.1, -0.05) is 0 Å². The minimum Gasteiger partial charge on any atom is -0.467 e. The Balaban J connectivity index is 1.68. The summed E-state index contributed by atoms with van der Waals surface area (Å²) in [7, 11) is 0. The van der Waals surface area contributed by atoms with Crippen LogP contribution >= 0.6 is 0 Å². The number of urea groups is 1. The molecular formula is C17H21N3O4. The predicted octanol–water partition coefficient (Wildman–Crippen LogP) is 2.25. The summed E-state index contributed by atoms with van der Waals surface area (Å²) in [6.45, 7) is 1.26. The molecule has 2 aromatic heterocycles. The fourth-order valence-electron chi connectivity index (χ4n) is 2.70. The highest BCUT2D eigenvalue weighted by atomic mass is 16.3. The van der Waals surface area contributed by atoms with Crippen molar-refractivity contribution < 1.29 is 18.4 Å². The summed E-state index contributed by atoms with van der Waals surface area (Å²) in [5.74, 6) is 1.21. The van der Waals surface area contributed by atoms with Gasteiger partial charge in [0, 0.05) is 6.54 Å². The first-order valence-electron chi connectivity index (χ1n) is 8.10. The molecule has 0 aromatic carbocycles. The zero-order valence-corrected chi connectivity index (χ0v) is 13.4. The van der Waals surface area contributed by atoms with Crippen molar-refractivity contribution in [1.29, 1.82) is 0 Å². The summed E-state index contributed by atoms with van der Waals surface area (Å²) in [6, 6.07) is 6.34. The van der Waals surface area contributed by atoms with E-state index in [-0.39, 0.29) is 11.9 Å². The summed E-state index contributed by atoms with van der Waals surface area (Å²) < 4.78 is 10.7. The number of nitrogens with one attached hydrogen (secondary N) is 2. The Bertz CT molecular complexity index is 615. The van der Waals surface area contributed by atoms with Crippen LogP contribution in [-0.4, -0.2) is 29.4 Å². The minimum absolute atomic E-state index is 0.128. The number of hydrogen-bond acceptors (Lipinski definition) is 4. The molecule has 3 heterocycles. The molecule has 2 N–H and O–H groups in total. The van der Waals surface area contributed by atoms with E-state index >= 15 is 0 Å². The smallest absolute Gasteiger partial charge is 0.318 e. The summed E-state index contributed by atoms with van der Waals surface area (Å²) in [6.07, 6.45) is 5.61. The second-order valence-electron chi connectivity index (χ2n) is 5.80. The molecule has 1 aliphatic rings. The van der Waals surface area contributed by atoms with Crippen molar-refractivity contribution >= 4 is 11.9 Å². The van der Waals surface area contributed by atoms with Gasteiger partial charge in [0.15, 0.2) is 0 Å². The first-order chi connectivity index (χ1) is 11.7. The van der Waals surface area contributed by atoms with Crippen LogP contribution in [0.5, 0.6) is 0 Å². The second kappa shape index (κ2) is 7.72. The molecule has 1 aliphatic heterocycles. The summed E-state index contributed by atoms with van der Waals surface area (Å²) in [5.41, 5.74) is 0. The van der Waals surface area contributed by atoms with Gasteiger partial charge >= 0.3 is 6.03 Å². The van der Waals surface area contributed by atoms with Gasteiger partial charge in [0.05, 0.1) is 25.6 Å². The Morgan fingerprint density at radius 1 is 1.17 bits per heavy atom.